The van der Waals surface area contributed by atoms with Gasteiger partial charge in [0.05, 0.1) is 12.5 Å². The van der Waals surface area contributed by atoms with E-state index in [0.29, 0.717) is 13.8 Å². The van der Waals surface area contributed by atoms with Crippen molar-refractivity contribution in [3.05, 3.63) is 11.5 Å². The Balaban J connectivity index is 3.42. The molecule has 140 valence electrons. The highest BCUT2D eigenvalue weighted by Gasteiger charge is 2.65. The van der Waals surface area contributed by atoms with Crippen molar-refractivity contribution < 1.29 is 53.2 Å². The molecule has 6 nitrogen and oxygen atoms in total. The number of esters is 1. The summed E-state index contributed by atoms with van der Waals surface area (Å²) in [6.07, 6.45) is -5.14. The van der Waals surface area contributed by atoms with Gasteiger partial charge < -0.3 is 13.7 Å². The molecule has 0 bridgehead atoms. The Kier molecular flexibility index (Phi) is 5.10. The largest absolute Gasteiger partial charge is 0.534 e. The van der Waals surface area contributed by atoms with Crippen LogP contribution < -0.4 is 0 Å². The number of ether oxygens (including phenoxy) is 2. The number of rotatable bonds is 4. The van der Waals surface area contributed by atoms with Crippen LogP contribution in [0.15, 0.2) is 11.5 Å². The van der Waals surface area contributed by atoms with Gasteiger partial charge in [-0.15, -0.1) is 0 Å². The maximum absolute atomic E-state index is 13.1. The molecule has 0 aromatic carbocycles. The lowest BCUT2D eigenvalue weighted by Crippen LogP contribution is -2.47. The van der Waals surface area contributed by atoms with Crippen LogP contribution in [0.4, 0.5) is 26.3 Å². The van der Waals surface area contributed by atoms with Crippen LogP contribution in [0, 0.1) is 5.92 Å². The van der Waals surface area contributed by atoms with Gasteiger partial charge >= 0.3 is 27.8 Å². The molecule has 0 aromatic rings. The average Bonchev–Trinajstić information content (AvgIpc) is 2.63. The predicted octanol–water partition coefficient (Wildman–Crippen LogP) is 2.61. The van der Waals surface area contributed by atoms with Gasteiger partial charge in [-0.25, -0.2) is 4.79 Å². The highest BCUT2D eigenvalue weighted by molar-refractivity contribution is 7.87. The van der Waals surface area contributed by atoms with Crippen LogP contribution in [-0.2, 0) is 28.6 Å². The fraction of sp³-hybridized carbons (Fsp3) is 0.727. The molecule has 0 saturated heterocycles. The molecule has 0 fully saturated rings. The molecule has 24 heavy (non-hydrogen) atoms. The van der Waals surface area contributed by atoms with Crippen LogP contribution in [0.25, 0.3) is 0 Å². The minimum atomic E-state index is -6.30. The Labute approximate surface area is 132 Å². The maximum Gasteiger partial charge on any atom is 0.534 e. The average molecular weight is 386 g/mol. The van der Waals surface area contributed by atoms with Crippen LogP contribution in [0.1, 0.15) is 20.8 Å². The van der Waals surface area contributed by atoms with Gasteiger partial charge in [0.1, 0.15) is 0 Å². The first-order valence-corrected chi connectivity index (χ1v) is 7.67. The molecule has 1 rings (SSSR count). The van der Waals surface area contributed by atoms with Crippen molar-refractivity contribution in [3.8, 4) is 0 Å². The Bertz CT molecular complexity index is 649. The minimum absolute atomic E-state index is 0.345. The molecule has 0 saturated carbocycles. The topological polar surface area (TPSA) is 78.9 Å². The lowest BCUT2D eigenvalue weighted by Gasteiger charge is -2.31. The van der Waals surface area contributed by atoms with Gasteiger partial charge in [-0.1, -0.05) is 6.92 Å². The zero-order valence-electron chi connectivity index (χ0n) is 12.4. The van der Waals surface area contributed by atoms with E-state index < -0.39 is 50.8 Å². The molecule has 0 aliphatic carbocycles. The Morgan fingerprint density at radius 1 is 1.25 bits per heavy atom. The predicted molar refractivity (Wildman–Crippen MR) is 64.4 cm³/mol. The van der Waals surface area contributed by atoms with Crippen molar-refractivity contribution in [2.75, 3.05) is 6.61 Å². The van der Waals surface area contributed by atoms with E-state index in [1.807, 2.05) is 0 Å². The van der Waals surface area contributed by atoms with Crippen molar-refractivity contribution in [1.82, 2.24) is 0 Å². The van der Waals surface area contributed by atoms with Gasteiger partial charge in [-0.05, 0) is 13.8 Å². The van der Waals surface area contributed by atoms with Crippen molar-refractivity contribution >= 4 is 16.1 Å². The van der Waals surface area contributed by atoms with Gasteiger partial charge in [0, 0.05) is 0 Å². The first-order chi connectivity index (χ1) is 10.6. The summed E-state index contributed by atoms with van der Waals surface area (Å²) in [4.78, 5) is 11.6. The van der Waals surface area contributed by atoms with Crippen molar-refractivity contribution in [3.63, 3.8) is 0 Å². The fourth-order valence-corrected chi connectivity index (χ4v) is 2.27. The third kappa shape index (κ3) is 3.39. The number of alkyl halides is 6. The van der Waals surface area contributed by atoms with Crippen LogP contribution in [-0.4, -0.2) is 38.3 Å². The highest BCUT2D eigenvalue weighted by atomic mass is 32.2. The summed E-state index contributed by atoms with van der Waals surface area (Å²) >= 11 is 0. The van der Waals surface area contributed by atoms with Crippen molar-refractivity contribution in [1.29, 1.82) is 0 Å². The second kappa shape index (κ2) is 6.01. The number of carbonyl (C=O) groups excluding carboxylic acids is 1. The van der Waals surface area contributed by atoms with E-state index in [1.54, 1.807) is 0 Å². The number of hydrogen-bond acceptors (Lipinski definition) is 6. The second-order valence-corrected chi connectivity index (χ2v) is 6.36. The molecule has 0 N–H and O–H groups in total. The first kappa shape index (κ1) is 20.4. The quantitative estimate of drug-likeness (QED) is 0.320. The summed E-state index contributed by atoms with van der Waals surface area (Å²) in [5.74, 6) is -6.44. The van der Waals surface area contributed by atoms with Gasteiger partial charge in [0.2, 0.25) is 11.4 Å². The standard InChI is InChI=1S/C11H12F6O6S/c1-4-21-8(18)7-6(23-24(19,20)11(15,16)17)5(2)9(3,22-7)10(12,13)14/h5H,4H2,1-3H3/t5-,9?/m1/s1. The van der Waals surface area contributed by atoms with E-state index >= 15 is 0 Å². The third-order valence-corrected chi connectivity index (χ3v) is 4.23. The van der Waals surface area contributed by atoms with Gasteiger partial charge in [-0.2, -0.15) is 34.8 Å². The molecule has 13 heteroatoms. The number of halogens is 6. The minimum Gasteiger partial charge on any atom is -0.467 e. The highest BCUT2D eigenvalue weighted by Crippen LogP contribution is 2.50. The van der Waals surface area contributed by atoms with Crippen LogP contribution >= 0.6 is 0 Å². The fourth-order valence-electron chi connectivity index (χ4n) is 1.72. The summed E-state index contributed by atoms with van der Waals surface area (Å²) < 4.78 is 111. The summed E-state index contributed by atoms with van der Waals surface area (Å²) in [5.41, 5.74) is -9.08. The summed E-state index contributed by atoms with van der Waals surface area (Å²) in [5, 5.41) is 0. The zero-order chi connectivity index (χ0) is 19.1. The molecule has 1 aliphatic heterocycles. The Morgan fingerprint density at radius 3 is 2.12 bits per heavy atom. The van der Waals surface area contributed by atoms with Crippen LogP contribution in [0.2, 0.25) is 0 Å². The molecule has 1 aliphatic rings. The van der Waals surface area contributed by atoms with E-state index in [4.69, 9.17) is 0 Å². The number of carbonyl (C=O) groups is 1. The third-order valence-electron chi connectivity index (χ3n) is 3.26. The van der Waals surface area contributed by atoms with E-state index in [-0.39, 0.29) is 6.61 Å². The van der Waals surface area contributed by atoms with Crippen LogP contribution in [0.3, 0.4) is 0 Å². The monoisotopic (exact) mass is 386 g/mol. The van der Waals surface area contributed by atoms with Crippen molar-refractivity contribution in [2.45, 2.75) is 38.1 Å². The lowest BCUT2D eigenvalue weighted by atomic mass is 9.90. The SMILES string of the molecule is CCOC(=O)C1=C(OS(=O)(=O)C(F)(F)F)[C@@H](C)C(C)(C(F)(F)F)O1. The lowest BCUT2D eigenvalue weighted by molar-refractivity contribution is -0.263. The Hall–Kier alpha value is -1.66. The first-order valence-electron chi connectivity index (χ1n) is 6.26. The normalized spacial score (nSPS) is 25.5. The summed E-state index contributed by atoms with van der Waals surface area (Å²) in [6, 6.07) is 0. The van der Waals surface area contributed by atoms with Gasteiger partial charge in [-0.3, -0.25) is 0 Å². The molecule has 1 unspecified atom stereocenters. The maximum atomic E-state index is 13.1. The van der Waals surface area contributed by atoms with Gasteiger partial charge in [0.25, 0.3) is 0 Å². The molecule has 0 spiro atoms. The Morgan fingerprint density at radius 2 is 1.75 bits per heavy atom. The smallest absolute Gasteiger partial charge is 0.467 e. The molecule has 1 heterocycles. The molecule has 0 aromatic heterocycles. The van der Waals surface area contributed by atoms with E-state index in [9.17, 15) is 39.6 Å². The zero-order valence-corrected chi connectivity index (χ0v) is 13.2. The van der Waals surface area contributed by atoms with Gasteiger partial charge in [0.15, 0.2) is 5.76 Å². The summed E-state index contributed by atoms with van der Waals surface area (Å²) in [6.45, 7) is 2.07. The molecule has 2 atom stereocenters. The molecule has 0 radical (unpaired) electrons. The molecular weight excluding hydrogens is 374 g/mol. The van der Waals surface area contributed by atoms with Crippen LogP contribution in [0.5, 0.6) is 0 Å². The van der Waals surface area contributed by atoms with Crippen molar-refractivity contribution in [2.24, 2.45) is 5.92 Å². The van der Waals surface area contributed by atoms with E-state index in [0.717, 1.165) is 0 Å². The van der Waals surface area contributed by atoms with E-state index in [1.165, 1.54) is 6.92 Å². The molecule has 0 amide bonds. The molecular formula is C11H12F6O6S. The van der Waals surface area contributed by atoms with E-state index in [2.05, 4.69) is 13.7 Å². The second-order valence-electron chi connectivity index (χ2n) is 4.83. The summed E-state index contributed by atoms with van der Waals surface area (Å²) in [7, 11) is -6.30. The number of hydrogen-bond donors (Lipinski definition) is 0.